The highest BCUT2D eigenvalue weighted by atomic mass is 32.2. The molecule has 0 amide bonds. The Kier molecular flexibility index (Phi) is 2.40. The van der Waals surface area contributed by atoms with Crippen molar-refractivity contribution in [1.82, 2.24) is 0 Å². The van der Waals surface area contributed by atoms with Gasteiger partial charge in [-0.3, -0.25) is 0 Å². The van der Waals surface area contributed by atoms with Crippen molar-refractivity contribution in [3.05, 3.63) is 0 Å². The molecule has 0 aromatic heterocycles. The summed E-state index contributed by atoms with van der Waals surface area (Å²) in [4.78, 5) is 0. The molecule has 1 atom stereocenters. The van der Waals surface area contributed by atoms with Gasteiger partial charge in [-0.05, 0) is 37.5 Å². The summed E-state index contributed by atoms with van der Waals surface area (Å²) < 4.78 is 0.478. The molecule has 2 aliphatic carbocycles. The van der Waals surface area contributed by atoms with Crippen LogP contribution in [-0.4, -0.2) is 16.5 Å². The van der Waals surface area contributed by atoms with Gasteiger partial charge in [0, 0.05) is 16.5 Å². The molecule has 0 saturated heterocycles. The lowest BCUT2D eigenvalue weighted by Crippen LogP contribution is -2.49. The first-order valence-electron chi connectivity index (χ1n) is 5.52. The maximum absolute atomic E-state index is 5.90. The van der Waals surface area contributed by atoms with Gasteiger partial charge >= 0.3 is 0 Å². The van der Waals surface area contributed by atoms with Gasteiger partial charge in [0.25, 0.3) is 0 Å². The molecule has 76 valence electrons. The number of nitrogens with two attached hydrogens (primary N) is 1. The van der Waals surface area contributed by atoms with Crippen molar-refractivity contribution >= 4 is 11.8 Å². The topological polar surface area (TPSA) is 26.0 Å². The molecule has 1 unspecified atom stereocenters. The summed E-state index contributed by atoms with van der Waals surface area (Å²) in [6, 6.07) is 0. The van der Waals surface area contributed by atoms with Gasteiger partial charge in [-0.2, -0.15) is 11.8 Å². The van der Waals surface area contributed by atoms with E-state index in [1.165, 1.54) is 32.1 Å². The van der Waals surface area contributed by atoms with Crippen LogP contribution in [0.2, 0.25) is 0 Å². The maximum atomic E-state index is 5.90. The van der Waals surface area contributed by atoms with Crippen LogP contribution in [0.3, 0.4) is 0 Å². The summed E-state index contributed by atoms with van der Waals surface area (Å²) in [5.41, 5.74) is 6.69. The Morgan fingerprint density at radius 1 is 1.38 bits per heavy atom. The fourth-order valence-corrected chi connectivity index (χ4v) is 4.53. The molecule has 2 fully saturated rings. The summed E-state index contributed by atoms with van der Waals surface area (Å²) in [7, 11) is 0. The van der Waals surface area contributed by atoms with Gasteiger partial charge in [-0.25, -0.2) is 0 Å². The van der Waals surface area contributed by atoms with Gasteiger partial charge in [-0.1, -0.05) is 13.8 Å². The Morgan fingerprint density at radius 2 is 2.00 bits per heavy atom. The van der Waals surface area contributed by atoms with E-state index in [0.717, 1.165) is 17.2 Å². The molecule has 0 radical (unpaired) electrons. The molecule has 2 aliphatic rings. The molecule has 2 N–H and O–H groups in total. The highest BCUT2D eigenvalue weighted by Crippen LogP contribution is 2.68. The second-order valence-electron chi connectivity index (χ2n) is 5.08. The second-order valence-corrected chi connectivity index (χ2v) is 6.98. The van der Waals surface area contributed by atoms with E-state index in [0.29, 0.717) is 4.75 Å². The van der Waals surface area contributed by atoms with Crippen LogP contribution in [-0.2, 0) is 0 Å². The van der Waals surface area contributed by atoms with Crippen LogP contribution in [0.5, 0.6) is 0 Å². The molecule has 0 aliphatic heterocycles. The molecule has 1 nitrogen and oxygen atoms in total. The lowest BCUT2D eigenvalue weighted by atomic mass is 9.71. The van der Waals surface area contributed by atoms with Crippen LogP contribution >= 0.6 is 11.8 Å². The highest BCUT2D eigenvalue weighted by molar-refractivity contribution is 8.01. The zero-order valence-electron chi connectivity index (χ0n) is 8.81. The molecule has 2 rings (SSSR count). The first-order chi connectivity index (χ1) is 6.14. The molecule has 13 heavy (non-hydrogen) atoms. The third-order valence-electron chi connectivity index (χ3n) is 3.75. The Morgan fingerprint density at radius 3 is 2.38 bits per heavy atom. The molecular weight excluding hydrogens is 178 g/mol. The van der Waals surface area contributed by atoms with E-state index < -0.39 is 0 Å². The SMILES string of the molecule is CCC(C)SC1(CN)CC2(CC2)C1. The summed E-state index contributed by atoms with van der Waals surface area (Å²) >= 11 is 2.15. The molecule has 0 aromatic carbocycles. The predicted molar refractivity (Wildman–Crippen MR) is 60.0 cm³/mol. The third kappa shape index (κ3) is 1.75. The fourth-order valence-electron chi connectivity index (χ4n) is 2.63. The Bertz CT molecular complexity index is 190. The largest absolute Gasteiger partial charge is 0.329 e. The summed E-state index contributed by atoms with van der Waals surface area (Å²) in [5, 5.41) is 0.791. The van der Waals surface area contributed by atoms with Gasteiger partial charge < -0.3 is 5.73 Å². The van der Waals surface area contributed by atoms with Crippen molar-refractivity contribution in [2.45, 2.75) is 55.9 Å². The highest BCUT2D eigenvalue weighted by Gasteiger charge is 2.60. The zero-order chi connectivity index (χ0) is 9.53. The number of rotatable bonds is 4. The Hall–Kier alpha value is 0.310. The third-order valence-corrected chi connectivity index (χ3v) is 5.44. The molecule has 0 heterocycles. The quantitative estimate of drug-likeness (QED) is 0.753. The van der Waals surface area contributed by atoms with Crippen molar-refractivity contribution in [3.8, 4) is 0 Å². The van der Waals surface area contributed by atoms with Crippen LogP contribution in [0.15, 0.2) is 0 Å². The molecule has 1 spiro atoms. The van der Waals surface area contributed by atoms with E-state index >= 15 is 0 Å². The van der Waals surface area contributed by atoms with E-state index in [-0.39, 0.29) is 0 Å². The summed E-state index contributed by atoms with van der Waals surface area (Å²) in [6.07, 6.45) is 7.06. The molecule has 2 saturated carbocycles. The van der Waals surface area contributed by atoms with Crippen LogP contribution in [0, 0.1) is 5.41 Å². The lowest BCUT2D eigenvalue weighted by Gasteiger charge is -2.49. The van der Waals surface area contributed by atoms with Gasteiger partial charge in [0.15, 0.2) is 0 Å². The van der Waals surface area contributed by atoms with Crippen molar-refractivity contribution in [2.75, 3.05) is 6.54 Å². The van der Waals surface area contributed by atoms with Crippen molar-refractivity contribution in [2.24, 2.45) is 11.1 Å². The molecule has 0 aromatic rings. The van der Waals surface area contributed by atoms with Crippen molar-refractivity contribution in [1.29, 1.82) is 0 Å². The monoisotopic (exact) mass is 199 g/mol. The molecule has 2 heteroatoms. The molecule has 0 bridgehead atoms. The van der Waals surface area contributed by atoms with E-state index in [2.05, 4.69) is 25.6 Å². The molecular formula is C11H21NS. The first-order valence-corrected chi connectivity index (χ1v) is 6.40. The minimum atomic E-state index is 0.478. The lowest BCUT2D eigenvalue weighted by molar-refractivity contribution is 0.209. The maximum Gasteiger partial charge on any atom is 0.0295 e. The zero-order valence-corrected chi connectivity index (χ0v) is 9.62. The van der Waals surface area contributed by atoms with Crippen LogP contribution in [0.1, 0.15) is 46.0 Å². The van der Waals surface area contributed by atoms with Gasteiger partial charge in [0.05, 0.1) is 0 Å². The van der Waals surface area contributed by atoms with E-state index in [1.54, 1.807) is 0 Å². The minimum Gasteiger partial charge on any atom is -0.329 e. The Balaban J connectivity index is 1.87. The normalized spacial score (nSPS) is 29.8. The predicted octanol–water partition coefficient (Wildman–Crippen LogP) is 2.79. The summed E-state index contributed by atoms with van der Waals surface area (Å²) in [5.74, 6) is 0. The number of hydrogen-bond acceptors (Lipinski definition) is 2. The standard InChI is InChI=1S/C11H21NS/c1-3-9(2)13-11(8-12)6-10(7-11)4-5-10/h9H,3-8,12H2,1-2H3. The fraction of sp³-hybridized carbons (Fsp3) is 1.00. The van der Waals surface area contributed by atoms with Gasteiger partial charge in [0.2, 0.25) is 0 Å². The van der Waals surface area contributed by atoms with Crippen molar-refractivity contribution in [3.63, 3.8) is 0 Å². The van der Waals surface area contributed by atoms with Crippen LogP contribution < -0.4 is 5.73 Å². The minimum absolute atomic E-state index is 0.478. The Labute approximate surface area is 85.8 Å². The van der Waals surface area contributed by atoms with Gasteiger partial charge in [0.1, 0.15) is 0 Å². The first kappa shape index (κ1) is 9.85. The number of hydrogen-bond donors (Lipinski definition) is 1. The second kappa shape index (κ2) is 3.16. The van der Waals surface area contributed by atoms with Crippen LogP contribution in [0.4, 0.5) is 0 Å². The van der Waals surface area contributed by atoms with E-state index in [1.807, 2.05) is 0 Å². The van der Waals surface area contributed by atoms with Crippen molar-refractivity contribution < 1.29 is 0 Å². The van der Waals surface area contributed by atoms with Crippen LogP contribution in [0.25, 0.3) is 0 Å². The average molecular weight is 199 g/mol. The summed E-state index contributed by atoms with van der Waals surface area (Å²) in [6.45, 7) is 5.50. The number of thioether (sulfide) groups is 1. The van der Waals surface area contributed by atoms with Gasteiger partial charge in [-0.15, -0.1) is 0 Å². The van der Waals surface area contributed by atoms with E-state index in [4.69, 9.17) is 5.73 Å². The van der Waals surface area contributed by atoms with E-state index in [9.17, 15) is 0 Å². The average Bonchev–Trinajstić information content (AvgIpc) is 2.83. The smallest absolute Gasteiger partial charge is 0.0295 e.